The van der Waals surface area contributed by atoms with Gasteiger partial charge in [0.05, 0.1) is 17.2 Å². The molecule has 0 radical (unpaired) electrons. The predicted octanol–water partition coefficient (Wildman–Crippen LogP) is 5.47. The van der Waals surface area contributed by atoms with Gasteiger partial charge < -0.3 is 4.74 Å². The molecule has 1 aliphatic rings. The first-order valence-electron chi connectivity index (χ1n) is 6.81. The molecular weight excluding hydrogens is 291 g/mol. The molecule has 0 fully saturated rings. The molecule has 1 nitrogen and oxygen atoms in total. The lowest BCUT2D eigenvalue weighted by Crippen LogP contribution is -2.11. The fraction of sp³-hybridized carbons (Fsp3) is 0.294. The minimum Gasteiger partial charge on any atom is -0.497 e. The summed E-state index contributed by atoms with van der Waals surface area (Å²) in [7, 11) is 1.71. The Balaban J connectivity index is 2.02. The highest BCUT2D eigenvalue weighted by Crippen LogP contribution is 2.39. The Morgan fingerprint density at radius 2 is 1.90 bits per heavy atom. The van der Waals surface area contributed by atoms with Crippen LogP contribution in [-0.2, 0) is 6.42 Å². The van der Waals surface area contributed by atoms with Crippen molar-refractivity contribution in [3.05, 3.63) is 63.1 Å². The van der Waals surface area contributed by atoms with Crippen molar-refractivity contribution in [3.8, 4) is 5.75 Å². The van der Waals surface area contributed by atoms with E-state index < -0.39 is 0 Å². The van der Waals surface area contributed by atoms with Crippen LogP contribution in [0.3, 0.4) is 0 Å². The van der Waals surface area contributed by atoms with Gasteiger partial charge in [-0.05, 0) is 60.2 Å². The van der Waals surface area contributed by atoms with Gasteiger partial charge in [-0.3, -0.25) is 0 Å². The lowest BCUT2D eigenvalue weighted by molar-refractivity contribution is 0.413. The van der Waals surface area contributed by atoms with Crippen LogP contribution in [0, 0.1) is 0 Å². The number of hydrogen-bond acceptors (Lipinski definition) is 1. The number of fused-ring (bicyclic) bond motifs is 1. The van der Waals surface area contributed by atoms with Crippen molar-refractivity contribution < 1.29 is 4.74 Å². The second-order valence-electron chi connectivity index (χ2n) is 5.18. The Morgan fingerprint density at radius 1 is 1.05 bits per heavy atom. The zero-order chi connectivity index (χ0) is 14.1. The minimum absolute atomic E-state index is 0.402. The van der Waals surface area contributed by atoms with Gasteiger partial charge in [0.25, 0.3) is 0 Å². The smallest absolute Gasteiger partial charge is 0.119 e. The fourth-order valence-electron chi connectivity index (χ4n) is 2.99. The number of ether oxygens (including phenoxy) is 1. The van der Waals surface area contributed by atoms with Crippen molar-refractivity contribution in [2.75, 3.05) is 7.11 Å². The summed E-state index contributed by atoms with van der Waals surface area (Å²) in [6, 6.07) is 12.3. The van der Waals surface area contributed by atoms with E-state index in [1.165, 1.54) is 23.1 Å². The number of hydrogen-bond donors (Lipinski definition) is 0. The average molecular weight is 307 g/mol. The number of aryl methyl sites for hydroxylation is 1. The molecule has 20 heavy (non-hydrogen) atoms. The third-order valence-electron chi connectivity index (χ3n) is 4.01. The van der Waals surface area contributed by atoms with Gasteiger partial charge in [-0.25, -0.2) is 0 Å². The number of halogens is 2. The zero-order valence-electron chi connectivity index (χ0n) is 11.3. The Bertz CT molecular complexity index is 637. The Hall–Kier alpha value is -1.18. The molecule has 0 saturated carbocycles. The van der Waals surface area contributed by atoms with E-state index in [-0.39, 0.29) is 0 Å². The van der Waals surface area contributed by atoms with Crippen molar-refractivity contribution in [2.24, 2.45) is 0 Å². The highest BCUT2D eigenvalue weighted by molar-refractivity contribution is 6.42. The zero-order valence-corrected chi connectivity index (χ0v) is 12.8. The molecule has 1 atom stereocenters. The highest BCUT2D eigenvalue weighted by Gasteiger charge is 2.22. The Morgan fingerprint density at radius 3 is 2.65 bits per heavy atom. The summed E-state index contributed by atoms with van der Waals surface area (Å²) in [5, 5.41) is 1.24. The summed E-state index contributed by atoms with van der Waals surface area (Å²) < 4.78 is 5.32. The molecule has 0 saturated heterocycles. The predicted molar refractivity (Wildman–Crippen MR) is 84.2 cm³/mol. The van der Waals surface area contributed by atoms with Crippen molar-refractivity contribution >= 4 is 23.2 Å². The maximum absolute atomic E-state index is 6.16. The van der Waals surface area contributed by atoms with Crippen LogP contribution >= 0.6 is 23.2 Å². The third kappa shape index (κ3) is 2.53. The SMILES string of the molecule is COc1ccc2c(c1)CCCC2c1ccc(Cl)c(Cl)c1. The van der Waals surface area contributed by atoms with E-state index >= 15 is 0 Å². The van der Waals surface area contributed by atoms with Crippen LogP contribution in [0.15, 0.2) is 36.4 Å². The van der Waals surface area contributed by atoms with Crippen LogP contribution in [0.1, 0.15) is 35.4 Å². The Kier molecular flexibility index (Phi) is 3.91. The van der Waals surface area contributed by atoms with Gasteiger partial charge >= 0.3 is 0 Å². The van der Waals surface area contributed by atoms with E-state index in [1.807, 2.05) is 18.2 Å². The molecule has 0 spiro atoms. The molecule has 0 amide bonds. The van der Waals surface area contributed by atoms with E-state index in [9.17, 15) is 0 Å². The number of benzene rings is 2. The van der Waals surface area contributed by atoms with Crippen LogP contribution in [0.2, 0.25) is 10.0 Å². The average Bonchev–Trinajstić information content (AvgIpc) is 2.49. The monoisotopic (exact) mass is 306 g/mol. The standard InChI is InChI=1S/C17H16Cl2O/c1-20-13-6-7-15-11(9-13)3-2-4-14(15)12-5-8-16(18)17(19)10-12/h5-10,14H,2-4H2,1H3. The van der Waals surface area contributed by atoms with Gasteiger partial charge in [-0.1, -0.05) is 35.3 Å². The molecule has 0 aromatic heterocycles. The van der Waals surface area contributed by atoms with Crippen molar-refractivity contribution in [1.29, 1.82) is 0 Å². The molecule has 2 aromatic carbocycles. The second kappa shape index (κ2) is 5.67. The van der Waals surface area contributed by atoms with E-state index in [0.29, 0.717) is 16.0 Å². The summed E-state index contributed by atoms with van der Waals surface area (Å²) >= 11 is 12.2. The molecule has 1 unspecified atom stereocenters. The Labute approximate surface area is 129 Å². The fourth-order valence-corrected chi connectivity index (χ4v) is 3.30. The largest absolute Gasteiger partial charge is 0.497 e. The molecule has 2 aromatic rings. The molecule has 0 aliphatic heterocycles. The van der Waals surface area contributed by atoms with Gasteiger partial charge in [0.1, 0.15) is 5.75 Å². The summed E-state index contributed by atoms with van der Waals surface area (Å²) in [5.74, 6) is 1.33. The molecule has 0 N–H and O–H groups in total. The first kappa shape index (κ1) is 13.8. The molecule has 0 bridgehead atoms. The lowest BCUT2D eigenvalue weighted by atomic mass is 9.79. The van der Waals surface area contributed by atoms with E-state index in [1.54, 1.807) is 7.11 Å². The first-order valence-corrected chi connectivity index (χ1v) is 7.56. The molecule has 104 valence electrons. The quantitative estimate of drug-likeness (QED) is 0.715. The topological polar surface area (TPSA) is 9.23 Å². The van der Waals surface area contributed by atoms with Gasteiger partial charge in [-0.15, -0.1) is 0 Å². The summed E-state index contributed by atoms with van der Waals surface area (Å²) in [6.45, 7) is 0. The van der Waals surface area contributed by atoms with Crippen LogP contribution in [0.4, 0.5) is 0 Å². The van der Waals surface area contributed by atoms with Gasteiger partial charge in [0.2, 0.25) is 0 Å². The van der Waals surface area contributed by atoms with Crippen molar-refractivity contribution in [1.82, 2.24) is 0 Å². The lowest BCUT2D eigenvalue weighted by Gasteiger charge is -2.26. The van der Waals surface area contributed by atoms with Crippen LogP contribution in [-0.4, -0.2) is 7.11 Å². The van der Waals surface area contributed by atoms with Gasteiger partial charge in [0, 0.05) is 5.92 Å². The highest BCUT2D eigenvalue weighted by atomic mass is 35.5. The third-order valence-corrected chi connectivity index (χ3v) is 4.75. The molecular formula is C17H16Cl2O. The van der Waals surface area contributed by atoms with Gasteiger partial charge in [-0.2, -0.15) is 0 Å². The van der Waals surface area contributed by atoms with Crippen LogP contribution in [0.5, 0.6) is 5.75 Å². The minimum atomic E-state index is 0.402. The summed E-state index contributed by atoms with van der Waals surface area (Å²) in [5.41, 5.74) is 4.01. The maximum Gasteiger partial charge on any atom is 0.119 e. The molecule has 1 aliphatic carbocycles. The molecule has 3 rings (SSSR count). The first-order chi connectivity index (χ1) is 9.69. The summed E-state index contributed by atoms with van der Waals surface area (Å²) in [4.78, 5) is 0. The molecule has 0 heterocycles. The molecule has 3 heteroatoms. The van der Waals surface area contributed by atoms with E-state index in [4.69, 9.17) is 27.9 Å². The van der Waals surface area contributed by atoms with Crippen LogP contribution in [0.25, 0.3) is 0 Å². The second-order valence-corrected chi connectivity index (χ2v) is 6.00. The van der Waals surface area contributed by atoms with Crippen LogP contribution < -0.4 is 4.74 Å². The maximum atomic E-state index is 6.16. The normalized spacial score (nSPS) is 17.6. The number of methoxy groups -OCH3 is 1. The van der Waals surface area contributed by atoms with E-state index in [0.717, 1.165) is 18.6 Å². The number of rotatable bonds is 2. The van der Waals surface area contributed by atoms with Crippen molar-refractivity contribution in [2.45, 2.75) is 25.2 Å². The summed E-state index contributed by atoms with van der Waals surface area (Å²) in [6.07, 6.45) is 3.45. The van der Waals surface area contributed by atoms with Crippen molar-refractivity contribution in [3.63, 3.8) is 0 Å². The van der Waals surface area contributed by atoms with Gasteiger partial charge in [0.15, 0.2) is 0 Å². The van der Waals surface area contributed by atoms with E-state index in [2.05, 4.69) is 18.2 Å².